The van der Waals surface area contributed by atoms with E-state index in [4.69, 9.17) is 4.98 Å². The van der Waals surface area contributed by atoms with Gasteiger partial charge in [0.25, 0.3) is 5.91 Å². The van der Waals surface area contributed by atoms with Crippen LogP contribution in [0.1, 0.15) is 23.2 Å². The van der Waals surface area contributed by atoms with Crippen LogP contribution in [0.3, 0.4) is 0 Å². The van der Waals surface area contributed by atoms with Gasteiger partial charge in [-0.25, -0.2) is 13.8 Å². The quantitative estimate of drug-likeness (QED) is 0.536. The third kappa shape index (κ3) is 3.69. The molecule has 1 amide bonds. The van der Waals surface area contributed by atoms with Gasteiger partial charge in [-0.1, -0.05) is 6.07 Å². The lowest BCUT2D eigenvalue weighted by Gasteiger charge is -2.32. The molecule has 6 nitrogen and oxygen atoms in total. The van der Waals surface area contributed by atoms with Crippen molar-refractivity contribution in [3.8, 4) is 11.3 Å². The lowest BCUT2D eigenvalue weighted by Crippen LogP contribution is -2.39. The highest BCUT2D eigenvalue weighted by Crippen LogP contribution is 2.25. The zero-order valence-electron chi connectivity index (χ0n) is 16.8. The second-order valence-corrected chi connectivity index (χ2v) is 7.89. The first-order valence-corrected chi connectivity index (χ1v) is 10.3. The van der Waals surface area contributed by atoms with Gasteiger partial charge in [0.15, 0.2) is 11.6 Å². The molecule has 1 saturated heterocycles. The maximum absolute atomic E-state index is 14.0. The van der Waals surface area contributed by atoms with E-state index in [0.29, 0.717) is 19.0 Å². The van der Waals surface area contributed by atoms with Gasteiger partial charge in [-0.05, 0) is 49.1 Å². The smallest absolute Gasteiger partial charge is 0.256 e. The highest BCUT2D eigenvalue weighted by Gasteiger charge is 2.26. The second-order valence-electron chi connectivity index (χ2n) is 7.89. The summed E-state index contributed by atoms with van der Waals surface area (Å²) in [5, 5.41) is 6.77. The number of aromatic amines is 1. The monoisotopic (exact) mass is 421 g/mol. The SMILES string of the molecule is O=C(c1cccc(F)c1F)N1CCC(Cn2ccc3nc(-c4cn[nH]c4)ccc32)CC1. The number of carbonyl (C=O) groups is 1. The average molecular weight is 421 g/mol. The minimum Gasteiger partial charge on any atom is -0.346 e. The summed E-state index contributed by atoms with van der Waals surface area (Å²) in [6, 6.07) is 9.77. The van der Waals surface area contributed by atoms with E-state index in [2.05, 4.69) is 20.8 Å². The normalized spacial score (nSPS) is 15.0. The zero-order chi connectivity index (χ0) is 21.4. The molecule has 4 heterocycles. The number of carbonyl (C=O) groups excluding carboxylic acids is 1. The van der Waals surface area contributed by atoms with E-state index in [0.717, 1.165) is 47.7 Å². The number of H-pyrrole nitrogens is 1. The van der Waals surface area contributed by atoms with Crippen LogP contribution in [0.5, 0.6) is 0 Å². The maximum Gasteiger partial charge on any atom is 0.256 e. The largest absolute Gasteiger partial charge is 0.346 e. The molecule has 0 radical (unpaired) electrons. The van der Waals surface area contributed by atoms with Crippen molar-refractivity contribution in [1.82, 2.24) is 24.6 Å². The van der Waals surface area contributed by atoms with Gasteiger partial charge >= 0.3 is 0 Å². The summed E-state index contributed by atoms with van der Waals surface area (Å²) in [7, 11) is 0. The Morgan fingerprint density at radius 1 is 1.13 bits per heavy atom. The van der Waals surface area contributed by atoms with Gasteiger partial charge in [0, 0.05) is 37.6 Å². The van der Waals surface area contributed by atoms with E-state index in [9.17, 15) is 13.6 Å². The van der Waals surface area contributed by atoms with Crippen LogP contribution >= 0.6 is 0 Å². The van der Waals surface area contributed by atoms with E-state index < -0.39 is 17.5 Å². The summed E-state index contributed by atoms with van der Waals surface area (Å²) in [5.74, 6) is -2.12. The van der Waals surface area contributed by atoms with Gasteiger partial charge in [0.05, 0.1) is 28.5 Å². The molecule has 158 valence electrons. The van der Waals surface area contributed by atoms with Gasteiger partial charge in [-0.15, -0.1) is 0 Å². The highest BCUT2D eigenvalue weighted by molar-refractivity contribution is 5.94. The number of likely N-dealkylation sites (tertiary alicyclic amines) is 1. The van der Waals surface area contributed by atoms with E-state index >= 15 is 0 Å². The molecule has 0 spiro atoms. The average Bonchev–Trinajstić information content (AvgIpc) is 3.46. The lowest BCUT2D eigenvalue weighted by molar-refractivity contribution is 0.0677. The fraction of sp³-hybridized carbons (Fsp3) is 0.261. The first-order valence-electron chi connectivity index (χ1n) is 10.3. The Hall–Kier alpha value is -3.55. The highest BCUT2D eigenvalue weighted by atomic mass is 19.2. The van der Waals surface area contributed by atoms with Crippen LogP contribution in [-0.2, 0) is 6.54 Å². The summed E-state index contributed by atoms with van der Waals surface area (Å²) >= 11 is 0. The topological polar surface area (TPSA) is 66.8 Å². The van der Waals surface area contributed by atoms with Gasteiger partial charge in [-0.3, -0.25) is 9.89 Å². The van der Waals surface area contributed by atoms with Crippen molar-refractivity contribution in [3.63, 3.8) is 0 Å². The number of piperidine rings is 1. The Kier molecular flexibility index (Phi) is 4.97. The molecular weight excluding hydrogens is 400 g/mol. The van der Waals surface area contributed by atoms with E-state index in [1.54, 1.807) is 11.1 Å². The van der Waals surface area contributed by atoms with Crippen LogP contribution in [0, 0.1) is 17.6 Å². The summed E-state index contributed by atoms with van der Waals surface area (Å²) < 4.78 is 29.6. The van der Waals surface area contributed by atoms with Gasteiger partial charge in [0.1, 0.15) is 0 Å². The molecule has 5 rings (SSSR count). The third-order valence-corrected chi connectivity index (χ3v) is 5.96. The van der Waals surface area contributed by atoms with Gasteiger partial charge in [-0.2, -0.15) is 5.10 Å². The number of fused-ring (bicyclic) bond motifs is 1. The molecule has 4 aromatic rings. The van der Waals surface area contributed by atoms with E-state index in [1.165, 1.54) is 12.1 Å². The molecule has 1 aromatic carbocycles. The van der Waals surface area contributed by atoms with E-state index in [-0.39, 0.29) is 5.56 Å². The van der Waals surface area contributed by atoms with Crippen LogP contribution in [-0.4, -0.2) is 43.6 Å². The Labute approximate surface area is 177 Å². The summed E-state index contributed by atoms with van der Waals surface area (Å²) in [6.45, 7) is 1.88. The standard InChI is InChI=1S/C23H21F2N5O/c24-18-3-1-2-17(22(18)25)23(31)29-9-6-15(7-10-29)14-30-11-8-20-21(30)5-4-19(28-20)16-12-26-27-13-16/h1-5,8,11-13,15H,6-7,9-10,14H2,(H,26,27). The molecule has 0 aliphatic carbocycles. The Balaban J connectivity index is 1.25. The third-order valence-electron chi connectivity index (χ3n) is 5.96. The van der Waals surface area contributed by atoms with Crippen LogP contribution in [0.2, 0.25) is 0 Å². The number of nitrogens with zero attached hydrogens (tertiary/aromatic N) is 4. The van der Waals surface area contributed by atoms with Crippen LogP contribution in [0.25, 0.3) is 22.3 Å². The van der Waals surface area contributed by atoms with Crippen molar-refractivity contribution in [2.75, 3.05) is 13.1 Å². The van der Waals surface area contributed by atoms with Crippen LogP contribution < -0.4 is 0 Å². The molecule has 8 heteroatoms. The van der Waals surface area contributed by atoms with Gasteiger partial charge < -0.3 is 9.47 Å². The minimum absolute atomic E-state index is 0.200. The number of amides is 1. The van der Waals surface area contributed by atoms with Crippen molar-refractivity contribution < 1.29 is 13.6 Å². The molecule has 1 aliphatic heterocycles. The van der Waals surface area contributed by atoms with Crippen LogP contribution in [0.15, 0.2) is 55.0 Å². The summed E-state index contributed by atoms with van der Waals surface area (Å²) in [5.41, 5.74) is 3.60. The van der Waals surface area contributed by atoms with Crippen molar-refractivity contribution in [2.45, 2.75) is 19.4 Å². The molecular formula is C23H21F2N5O. The first-order chi connectivity index (χ1) is 15.1. The molecule has 0 bridgehead atoms. The molecule has 3 aromatic heterocycles. The molecule has 0 atom stereocenters. The predicted octanol–water partition coefficient (Wildman–Crippen LogP) is 4.26. The van der Waals surface area contributed by atoms with Crippen molar-refractivity contribution in [2.24, 2.45) is 5.92 Å². The number of aromatic nitrogens is 4. The fourth-order valence-corrected chi connectivity index (χ4v) is 4.22. The molecule has 0 saturated carbocycles. The number of pyridine rings is 1. The van der Waals surface area contributed by atoms with Gasteiger partial charge in [0.2, 0.25) is 0 Å². The zero-order valence-corrected chi connectivity index (χ0v) is 16.8. The van der Waals surface area contributed by atoms with Crippen molar-refractivity contribution in [3.05, 3.63) is 72.2 Å². The fourth-order valence-electron chi connectivity index (χ4n) is 4.22. The molecule has 1 aliphatic rings. The summed E-state index contributed by atoms with van der Waals surface area (Å²) in [6.07, 6.45) is 7.22. The molecule has 1 N–H and O–H groups in total. The first kappa shape index (κ1) is 19.4. The molecule has 0 unspecified atom stereocenters. The number of benzene rings is 1. The molecule has 31 heavy (non-hydrogen) atoms. The number of nitrogens with one attached hydrogen (secondary N) is 1. The number of hydrogen-bond acceptors (Lipinski definition) is 3. The maximum atomic E-state index is 14.0. The summed E-state index contributed by atoms with van der Waals surface area (Å²) in [4.78, 5) is 18.9. The second kappa shape index (κ2) is 7.94. The Morgan fingerprint density at radius 3 is 2.74 bits per heavy atom. The van der Waals surface area contributed by atoms with E-state index in [1.807, 2.05) is 24.5 Å². The predicted molar refractivity (Wildman–Crippen MR) is 112 cm³/mol. The van der Waals surface area contributed by atoms with Crippen molar-refractivity contribution >= 4 is 16.9 Å². The minimum atomic E-state index is -1.07. The molecule has 1 fully saturated rings. The lowest BCUT2D eigenvalue weighted by atomic mass is 9.96. The Morgan fingerprint density at radius 2 is 1.97 bits per heavy atom. The number of hydrogen-bond donors (Lipinski definition) is 1. The van der Waals surface area contributed by atoms with Crippen molar-refractivity contribution in [1.29, 1.82) is 0 Å². The Bertz CT molecular complexity index is 1230. The number of rotatable bonds is 4. The van der Waals surface area contributed by atoms with Crippen LogP contribution in [0.4, 0.5) is 8.78 Å². The number of halogens is 2.